The minimum absolute atomic E-state index is 0.274. The van der Waals surface area contributed by atoms with Gasteiger partial charge in [0.1, 0.15) is 35.2 Å². The summed E-state index contributed by atoms with van der Waals surface area (Å²) in [6.07, 6.45) is -10.4. The second kappa shape index (κ2) is 11.1. The number of aromatic hydroxyl groups is 4. The molecular weight excluding hydrogens is 640 g/mol. The van der Waals surface area contributed by atoms with Crippen molar-refractivity contribution >= 4 is 22.7 Å². The summed E-state index contributed by atoms with van der Waals surface area (Å²) in [6.45, 7) is 2.64. The lowest BCUT2D eigenvalue weighted by Gasteiger charge is -2.35. The molecule has 16 nitrogen and oxygen atoms in total. The van der Waals surface area contributed by atoms with Crippen molar-refractivity contribution in [3.8, 4) is 34.1 Å². The molecule has 16 heteroatoms. The van der Waals surface area contributed by atoms with Gasteiger partial charge in [-0.2, -0.15) is 0 Å². The van der Waals surface area contributed by atoms with E-state index in [1.165, 1.54) is 13.8 Å². The fraction of sp³-hybridized carbons (Fsp3) is 0.312. The van der Waals surface area contributed by atoms with E-state index in [1.807, 2.05) is 0 Å². The van der Waals surface area contributed by atoms with Crippen LogP contribution in [0.1, 0.15) is 73.4 Å². The molecule has 0 saturated heterocycles. The van der Waals surface area contributed by atoms with Crippen LogP contribution in [0, 0.1) is 10.4 Å². The number of hydrogen-bond acceptors (Lipinski definition) is 14. The summed E-state index contributed by atoms with van der Waals surface area (Å²) in [5.74, 6) is -6.25. The second-order valence-corrected chi connectivity index (χ2v) is 11.8. The molecule has 0 fully saturated rings. The van der Waals surface area contributed by atoms with Crippen molar-refractivity contribution in [3.05, 3.63) is 85.7 Å². The van der Waals surface area contributed by atoms with E-state index in [-0.39, 0.29) is 11.1 Å². The number of fused-ring (bicyclic) bond motifs is 3. The van der Waals surface area contributed by atoms with Crippen molar-refractivity contribution in [2.45, 2.75) is 63.3 Å². The summed E-state index contributed by atoms with van der Waals surface area (Å²) in [5.41, 5.74) is -7.83. The first-order valence-corrected chi connectivity index (χ1v) is 14.4. The van der Waals surface area contributed by atoms with Crippen LogP contribution in [0.15, 0.2) is 31.3 Å². The Bertz CT molecular complexity index is 2370. The molecule has 6 atom stereocenters. The highest BCUT2D eigenvalue weighted by Gasteiger charge is 2.41. The molecule has 0 radical (unpaired) electrons. The van der Waals surface area contributed by atoms with Crippen molar-refractivity contribution in [1.29, 1.82) is 0 Å². The number of ether oxygens (including phenoxy) is 2. The molecule has 0 bridgehead atoms. The smallest absolute Gasteiger partial charge is 0.306 e. The second-order valence-electron chi connectivity index (χ2n) is 11.8. The molecule has 0 saturated carbocycles. The zero-order chi connectivity index (χ0) is 35.3. The number of phenolic OH excluding ortho intramolecular Hbond substituents is 4. The van der Waals surface area contributed by atoms with E-state index in [0.717, 1.165) is 6.07 Å². The number of benzene rings is 2. The highest BCUT2D eigenvalue weighted by Crippen LogP contribution is 2.56. The number of phenols is 4. The van der Waals surface area contributed by atoms with Crippen molar-refractivity contribution in [1.82, 2.24) is 0 Å². The normalized spacial score (nSPS) is 23.6. The maximum atomic E-state index is 13.9. The molecule has 8 N–H and O–H groups in total. The molecule has 4 aliphatic rings. The van der Waals surface area contributed by atoms with Crippen molar-refractivity contribution in [3.63, 3.8) is 0 Å². The van der Waals surface area contributed by atoms with E-state index in [9.17, 15) is 64.5 Å². The van der Waals surface area contributed by atoms with Crippen LogP contribution in [0.25, 0.3) is 21.9 Å². The van der Waals surface area contributed by atoms with Crippen molar-refractivity contribution in [2.75, 3.05) is 0 Å². The molecule has 0 amide bonds. The SMILES string of the molecule is CC1OC(CC(=O)O)C(O)c2c1c(O)c1c(O)c(-c3cc(=O)c4c(=O)c5c(c(=O)c=4c3=O)C(C)OC(CC(=O)O)C5O)cc(O)c1c2O. The number of carbonyl (C=O) groups is 2. The Kier molecular flexibility index (Phi) is 7.51. The Labute approximate surface area is 265 Å². The highest BCUT2D eigenvalue weighted by molar-refractivity contribution is 6.07. The highest BCUT2D eigenvalue weighted by atomic mass is 16.5. The largest absolute Gasteiger partial charge is 0.507 e. The lowest BCUT2D eigenvalue weighted by atomic mass is 9.85. The average Bonchev–Trinajstić information content (AvgIpc) is 2.99. The predicted octanol–water partition coefficient (Wildman–Crippen LogP) is 0.306. The topological polar surface area (TPSA) is 283 Å². The van der Waals surface area contributed by atoms with Crippen molar-refractivity contribution in [2.24, 2.45) is 0 Å². The van der Waals surface area contributed by atoms with Gasteiger partial charge in [0.25, 0.3) is 0 Å². The molecule has 6 rings (SSSR count). The van der Waals surface area contributed by atoms with Crippen LogP contribution >= 0.6 is 0 Å². The summed E-state index contributed by atoms with van der Waals surface area (Å²) >= 11 is 0. The van der Waals surface area contributed by atoms with Crippen LogP contribution in [-0.4, -0.2) is 65.0 Å². The lowest BCUT2D eigenvalue weighted by molar-refractivity contribution is -0.149. The quantitative estimate of drug-likeness (QED) is 0.133. The van der Waals surface area contributed by atoms with Crippen LogP contribution in [0.5, 0.6) is 23.0 Å². The molecule has 0 aromatic heterocycles. The lowest BCUT2D eigenvalue weighted by Crippen LogP contribution is -2.42. The molecule has 2 aromatic rings. The number of aliphatic carboxylic acids is 2. The number of hydrogen-bond donors (Lipinski definition) is 8. The maximum Gasteiger partial charge on any atom is 0.306 e. The standard InChI is InChI=1S/C32H26O16/c1-7-17-21(27(41)13(47-7)5-15(35)36)31(45)19-11(33)3-9(25(39)23(19)29(17)43)10-4-12(34)20-24(26(10)40)30(44)18-8(2)48-14(6-16(37)38)28(42)22(18)32(20)46/h3-4,7-8,13-14,27-28,33,39,41-43,45H,5-6H2,1-2H3,(H,35,36)(H,37,38). The zero-order valence-corrected chi connectivity index (χ0v) is 24.9. The first-order chi connectivity index (χ1) is 22.5. The fourth-order valence-electron chi connectivity index (χ4n) is 6.91. The Hall–Kier alpha value is -5.42. The summed E-state index contributed by atoms with van der Waals surface area (Å²) in [7, 11) is 0. The van der Waals surface area contributed by atoms with Crippen LogP contribution in [0.4, 0.5) is 0 Å². The summed E-state index contributed by atoms with van der Waals surface area (Å²) in [4.78, 5) is 77.1. The molecule has 250 valence electrons. The van der Waals surface area contributed by atoms with Crippen LogP contribution in [-0.2, 0) is 19.1 Å². The van der Waals surface area contributed by atoms with Crippen LogP contribution in [0.2, 0.25) is 0 Å². The van der Waals surface area contributed by atoms with E-state index < -0.39 is 150 Å². The number of aliphatic hydroxyl groups excluding tert-OH is 2. The van der Waals surface area contributed by atoms with Gasteiger partial charge in [-0.05, 0) is 26.0 Å². The zero-order valence-electron chi connectivity index (χ0n) is 24.9. The number of aliphatic hydroxyl groups is 2. The minimum Gasteiger partial charge on any atom is -0.507 e. The predicted molar refractivity (Wildman–Crippen MR) is 160 cm³/mol. The monoisotopic (exact) mass is 666 g/mol. The molecule has 0 spiro atoms. The maximum absolute atomic E-state index is 13.9. The van der Waals surface area contributed by atoms with E-state index in [2.05, 4.69) is 0 Å². The molecule has 2 aliphatic carbocycles. The summed E-state index contributed by atoms with van der Waals surface area (Å²) in [5, 5.41) is 81.8. The third kappa shape index (κ3) is 4.52. The van der Waals surface area contributed by atoms with Crippen LogP contribution < -0.4 is 21.7 Å². The average molecular weight is 667 g/mol. The van der Waals surface area contributed by atoms with Crippen molar-refractivity contribution < 1.29 is 59.9 Å². The summed E-state index contributed by atoms with van der Waals surface area (Å²) < 4.78 is 11.0. The Morgan fingerprint density at radius 1 is 0.625 bits per heavy atom. The Balaban J connectivity index is 1.64. The van der Waals surface area contributed by atoms with E-state index in [0.29, 0.717) is 6.07 Å². The van der Waals surface area contributed by atoms with Gasteiger partial charge in [0.15, 0.2) is 21.7 Å². The number of rotatable bonds is 5. The molecule has 48 heavy (non-hydrogen) atoms. The van der Waals surface area contributed by atoms with Gasteiger partial charge in [0.2, 0.25) is 0 Å². The Morgan fingerprint density at radius 2 is 1.12 bits per heavy atom. The molecule has 2 aliphatic heterocycles. The first-order valence-electron chi connectivity index (χ1n) is 14.4. The minimum atomic E-state index is -1.92. The van der Waals surface area contributed by atoms with Gasteiger partial charge in [-0.1, -0.05) is 0 Å². The number of carboxylic acids is 2. The van der Waals surface area contributed by atoms with Gasteiger partial charge < -0.3 is 50.3 Å². The summed E-state index contributed by atoms with van der Waals surface area (Å²) in [6, 6.07) is 1.34. The number of carboxylic acid groups (broad SMARTS) is 2. The molecule has 6 unspecified atom stereocenters. The van der Waals surface area contributed by atoms with Gasteiger partial charge >= 0.3 is 11.9 Å². The third-order valence-corrected chi connectivity index (χ3v) is 8.94. The van der Waals surface area contributed by atoms with E-state index in [1.54, 1.807) is 0 Å². The van der Waals surface area contributed by atoms with Crippen LogP contribution in [0.3, 0.4) is 0 Å². The van der Waals surface area contributed by atoms with E-state index >= 15 is 0 Å². The third-order valence-electron chi connectivity index (χ3n) is 8.94. The molecule has 2 aromatic carbocycles. The van der Waals surface area contributed by atoms with E-state index in [4.69, 9.17) is 14.6 Å². The van der Waals surface area contributed by atoms with Gasteiger partial charge in [0.05, 0.1) is 58.5 Å². The first kappa shape index (κ1) is 32.5. The van der Waals surface area contributed by atoms with Gasteiger partial charge in [-0.25, -0.2) is 0 Å². The molecule has 2 heterocycles. The Morgan fingerprint density at radius 3 is 1.69 bits per heavy atom. The van der Waals surface area contributed by atoms with Gasteiger partial charge in [-0.15, -0.1) is 0 Å². The van der Waals surface area contributed by atoms with Gasteiger partial charge in [0, 0.05) is 33.4 Å². The molecular formula is C32H26O16. The van der Waals surface area contributed by atoms with Gasteiger partial charge in [-0.3, -0.25) is 28.8 Å². The fourth-order valence-corrected chi connectivity index (χ4v) is 6.91.